The van der Waals surface area contributed by atoms with E-state index in [1.165, 1.54) is 21.5 Å². The molecule has 17 aromatic rings. The summed E-state index contributed by atoms with van der Waals surface area (Å²) in [4.78, 5) is 15.6. The second-order valence-corrected chi connectivity index (χ2v) is 21.4. The molecule has 0 aliphatic heterocycles. The first-order valence-corrected chi connectivity index (χ1v) is 28.2. The first-order valence-electron chi connectivity index (χ1n) is 28.2. The summed E-state index contributed by atoms with van der Waals surface area (Å²) in [7, 11) is 0. The van der Waals surface area contributed by atoms with Crippen molar-refractivity contribution in [3.8, 4) is 74.1 Å². The normalized spacial score (nSPS) is 11.8. The summed E-state index contributed by atoms with van der Waals surface area (Å²) in [5.74, 6) is 1.70. The predicted octanol–water partition coefficient (Wildman–Crippen LogP) is 18.8. The molecule has 17 rings (SSSR count). The number of aromatic nitrogens is 7. The molecule has 0 bridgehead atoms. The van der Waals surface area contributed by atoms with Gasteiger partial charge in [0.2, 0.25) is 0 Å². The van der Waals surface area contributed by atoms with Gasteiger partial charge < -0.3 is 18.3 Å². The average molecular weight is 1070 g/mol. The summed E-state index contributed by atoms with van der Waals surface area (Å²) in [6, 6.07) is 101. The maximum absolute atomic E-state index is 11.4. The van der Waals surface area contributed by atoms with Crippen LogP contribution in [0.1, 0.15) is 5.56 Å². The van der Waals surface area contributed by atoms with Gasteiger partial charge in [-0.2, -0.15) is 5.26 Å². The lowest BCUT2D eigenvalue weighted by atomic mass is 9.96. The molecule has 0 amide bonds. The van der Waals surface area contributed by atoms with Crippen molar-refractivity contribution in [2.75, 3.05) is 0 Å². The summed E-state index contributed by atoms with van der Waals surface area (Å²) >= 11 is 0. The van der Waals surface area contributed by atoms with Crippen molar-refractivity contribution in [2.45, 2.75) is 0 Å². The van der Waals surface area contributed by atoms with Crippen LogP contribution < -0.4 is 0 Å². The van der Waals surface area contributed by atoms with Gasteiger partial charge in [-0.3, -0.25) is 0 Å². The number of benzene rings is 12. The first kappa shape index (κ1) is 47.2. The number of rotatable bonds is 8. The van der Waals surface area contributed by atoms with Crippen LogP contribution in [0.25, 0.3) is 155 Å². The molecule has 0 radical (unpaired) electrons. The Morgan fingerprint density at radius 3 is 1.08 bits per heavy atom. The zero-order valence-electron chi connectivity index (χ0n) is 45.1. The highest BCUT2D eigenvalue weighted by Gasteiger charge is 2.25. The maximum Gasteiger partial charge on any atom is 0.164 e. The average Bonchev–Trinajstić information content (AvgIpc) is 3.64. The first-order chi connectivity index (χ1) is 41.6. The van der Waals surface area contributed by atoms with Crippen molar-refractivity contribution in [1.82, 2.24) is 33.2 Å². The minimum atomic E-state index is 0.539. The van der Waals surface area contributed by atoms with Crippen molar-refractivity contribution in [2.24, 2.45) is 0 Å². The molecular formula is C76H46N8. The van der Waals surface area contributed by atoms with Crippen LogP contribution in [0.3, 0.4) is 0 Å². The second-order valence-electron chi connectivity index (χ2n) is 21.4. The van der Waals surface area contributed by atoms with Crippen LogP contribution in [0.15, 0.2) is 279 Å². The Balaban J connectivity index is 0.937. The van der Waals surface area contributed by atoms with Gasteiger partial charge >= 0.3 is 0 Å². The van der Waals surface area contributed by atoms with Gasteiger partial charge in [0.25, 0.3) is 0 Å². The smallest absolute Gasteiger partial charge is 0.164 e. The van der Waals surface area contributed by atoms with E-state index < -0.39 is 0 Å². The molecule has 0 spiro atoms. The molecule has 0 saturated heterocycles. The number of hydrogen-bond donors (Lipinski definition) is 0. The van der Waals surface area contributed by atoms with Crippen molar-refractivity contribution in [3.05, 3.63) is 285 Å². The molecule has 0 N–H and O–H groups in total. The Bertz CT molecular complexity index is 5420. The van der Waals surface area contributed by atoms with Crippen LogP contribution in [0.4, 0.5) is 0 Å². The third-order valence-corrected chi connectivity index (χ3v) is 16.9. The van der Waals surface area contributed by atoms with E-state index in [4.69, 9.17) is 15.0 Å². The molecule has 0 aliphatic rings. The van der Waals surface area contributed by atoms with Crippen molar-refractivity contribution in [3.63, 3.8) is 0 Å². The molecular weight excluding hydrogens is 1020 g/mol. The lowest BCUT2D eigenvalue weighted by Gasteiger charge is -2.20. The molecule has 0 saturated carbocycles. The number of para-hydroxylation sites is 7. The summed E-state index contributed by atoms with van der Waals surface area (Å²) in [5, 5.41) is 20.6. The van der Waals surface area contributed by atoms with E-state index in [9.17, 15) is 5.26 Å². The third-order valence-electron chi connectivity index (χ3n) is 16.9. The van der Waals surface area contributed by atoms with E-state index in [1.54, 1.807) is 0 Å². The third kappa shape index (κ3) is 7.16. The van der Waals surface area contributed by atoms with E-state index in [-0.39, 0.29) is 0 Å². The molecule has 0 fully saturated rings. The van der Waals surface area contributed by atoms with Crippen molar-refractivity contribution >= 4 is 87.2 Å². The molecule has 12 aromatic carbocycles. The van der Waals surface area contributed by atoms with Crippen LogP contribution in [0, 0.1) is 11.3 Å². The number of nitriles is 1. The fourth-order valence-corrected chi connectivity index (χ4v) is 13.2. The Morgan fingerprint density at radius 1 is 0.262 bits per heavy atom. The highest BCUT2D eigenvalue weighted by Crippen LogP contribution is 2.45. The zero-order chi connectivity index (χ0) is 55.4. The van der Waals surface area contributed by atoms with E-state index in [0.717, 1.165) is 116 Å². The number of nitrogens with zero attached hydrogens (tertiary/aromatic N) is 8. The van der Waals surface area contributed by atoms with E-state index in [2.05, 4.69) is 231 Å². The topological polar surface area (TPSA) is 82.2 Å². The van der Waals surface area contributed by atoms with Crippen LogP contribution in [0.5, 0.6) is 0 Å². The van der Waals surface area contributed by atoms with Gasteiger partial charge in [0, 0.05) is 82.3 Å². The molecule has 5 heterocycles. The molecule has 390 valence electrons. The Kier molecular flexibility index (Phi) is 10.5. The molecule has 0 aliphatic carbocycles. The van der Waals surface area contributed by atoms with Gasteiger partial charge in [-0.1, -0.05) is 194 Å². The SMILES string of the molecule is N#Cc1cccc(-c2ccc(-c3nc(-c4ccccc4)nc(-c4ccccc4)n3)cc2-n2c3ccccc3c3cc(-n4c5ccccc5c5ccccc54)ccc32)c1-n1c2ccccc2c2cc(-n3c4ccccc4c4ccccc43)ccc21. The lowest BCUT2D eigenvalue weighted by molar-refractivity contribution is 1.07. The highest BCUT2D eigenvalue weighted by molar-refractivity contribution is 6.15. The molecule has 84 heavy (non-hydrogen) atoms. The minimum absolute atomic E-state index is 0.539. The molecule has 8 heteroatoms. The molecule has 0 unspecified atom stereocenters. The van der Waals surface area contributed by atoms with E-state index in [1.807, 2.05) is 72.8 Å². The molecule has 5 aromatic heterocycles. The van der Waals surface area contributed by atoms with Crippen LogP contribution >= 0.6 is 0 Å². The van der Waals surface area contributed by atoms with Crippen LogP contribution in [0.2, 0.25) is 0 Å². The van der Waals surface area contributed by atoms with Crippen molar-refractivity contribution < 1.29 is 0 Å². The molecule has 8 nitrogen and oxygen atoms in total. The quantitative estimate of drug-likeness (QED) is 0.152. The minimum Gasteiger partial charge on any atom is -0.309 e. The van der Waals surface area contributed by atoms with Crippen LogP contribution in [-0.2, 0) is 0 Å². The highest BCUT2D eigenvalue weighted by atomic mass is 15.1. The Labute approximate surface area is 481 Å². The zero-order valence-corrected chi connectivity index (χ0v) is 45.1. The van der Waals surface area contributed by atoms with E-state index >= 15 is 0 Å². The summed E-state index contributed by atoms with van der Waals surface area (Å²) in [6.45, 7) is 0. The summed E-state index contributed by atoms with van der Waals surface area (Å²) < 4.78 is 9.45. The summed E-state index contributed by atoms with van der Waals surface area (Å²) in [5.41, 5.74) is 17.4. The van der Waals surface area contributed by atoms with Gasteiger partial charge in [0.05, 0.1) is 61.1 Å². The fourth-order valence-electron chi connectivity index (χ4n) is 13.2. The van der Waals surface area contributed by atoms with Gasteiger partial charge in [0.1, 0.15) is 6.07 Å². The monoisotopic (exact) mass is 1070 g/mol. The predicted molar refractivity (Wildman–Crippen MR) is 344 cm³/mol. The van der Waals surface area contributed by atoms with Gasteiger partial charge in [-0.15, -0.1) is 0 Å². The number of hydrogen-bond acceptors (Lipinski definition) is 4. The van der Waals surface area contributed by atoms with E-state index in [0.29, 0.717) is 23.0 Å². The largest absolute Gasteiger partial charge is 0.309 e. The lowest BCUT2D eigenvalue weighted by Crippen LogP contribution is -2.05. The Hall–Kier alpha value is -11.7. The van der Waals surface area contributed by atoms with Crippen molar-refractivity contribution in [1.29, 1.82) is 5.26 Å². The van der Waals surface area contributed by atoms with Gasteiger partial charge in [-0.05, 0) is 84.9 Å². The second kappa shape index (κ2) is 18.7. The van der Waals surface area contributed by atoms with Gasteiger partial charge in [-0.25, -0.2) is 15.0 Å². The number of fused-ring (bicyclic) bond motifs is 12. The summed E-state index contributed by atoms with van der Waals surface area (Å²) in [6.07, 6.45) is 0. The fraction of sp³-hybridized carbons (Fsp3) is 0. The Morgan fingerprint density at radius 2 is 0.631 bits per heavy atom. The van der Waals surface area contributed by atoms with Gasteiger partial charge in [0.15, 0.2) is 17.5 Å². The maximum atomic E-state index is 11.4. The van der Waals surface area contributed by atoms with Crippen LogP contribution in [-0.4, -0.2) is 33.2 Å². The molecule has 0 atom stereocenters. The standard InChI is InChI=1S/C76H46N8/c77-47-51-24-19-31-61(73(51)84-69-37-18-12-30-59(69)63-46-53(40-43-71(63)84)82-66-34-15-9-27-56(66)57-28-10-16-35-67(57)82)60-41-38-50(76-79-74(48-20-3-1-4-21-48)78-75(80-76)49-22-5-2-6-23-49)44-72(60)83-68-36-17-11-29-58(68)62-45-52(39-42-70(62)83)81-64-32-13-7-25-54(64)55-26-8-14-33-65(55)81/h1-46H.